The van der Waals surface area contributed by atoms with E-state index in [1.165, 1.54) is 70.6 Å². The van der Waals surface area contributed by atoms with Gasteiger partial charge in [0.25, 0.3) is 0 Å². The van der Waals surface area contributed by atoms with Crippen LogP contribution < -0.4 is 0 Å². The van der Waals surface area contributed by atoms with Gasteiger partial charge in [-0.1, -0.05) is 95.6 Å². The Bertz CT molecular complexity index is 521. The molecule has 0 spiro atoms. The van der Waals surface area contributed by atoms with Gasteiger partial charge >= 0.3 is 0 Å². The Balaban J connectivity index is 1.50. The topological polar surface area (TPSA) is 91.4 Å². The molecule has 1 aliphatic rings. The van der Waals surface area contributed by atoms with Crippen molar-refractivity contribution < 1.29 is 15.3 Å². The predicted octanol–water partition coefficient (Wildman–Crippen LogP) is 4.20. The summed E-state index contributed by atoms with van der Waals surface area (Å²) in [6, 6.07) is -0.226. The van der Waals surface area contributed by atoms with Crippen molar-refractivity contribution in [1.82, 2.24) is 15.0 Å². The van der Waals surface area contributed by atoms with Gasteiger partial charge in [0.2, 0.25) is 0 Å². The third kappa shape index (κ3) is 6.54. The van der Waals surface area contributed by atoms with E-state index in [2.05, 4.69) is 17.2 Å². The van der Waals surface area contributed by atoms with Crippen LogP contribution in [0.3, 0.4) is 0 Å². The van der Waals surface area contributed by atoms with Crippen molar-refractivity contribution in [2.45, 2.75) is 122 Å². The Morgan fingerprint density at radius 2 is 1.33 bits per heavy atom. The van der Waals surface area contributed by atoms with Crippen molar-refractivity contribution in [2.24, 2.45) is 0 Å². The summed E-state index contributed by atoms with van der Waals surface area (Å²) in [6.07, 6.45) is 16.0. The van der Waals surface area contributed by atoms with Crippen LogP contribution in [-0.4, -0.2) is 36.4 Å². The Labute approximate surface area is 164 Å². The first-order valence-electron chi connectivity index (χ1n) is 11.1. The van der Waals surface area contributed by atoms with Gasteiger partial charge in [-0.25, -0.2) is 4.68 Å². The van der Waals surface area contributed by atoms with Crippen LogP contribution in [0, 0.1) is 0 Å². The second kappa shape index (κ2) is 12.5. The van der Waals surface area contributed by atoms with E-state index in [4.69, 9.17) is 0 Å². The van der Waals surface area contributed by atoms with Gasteiger partial charge in [0.15, 0.2) is 0 Å². The highest BCUT2D eigenvalue weighted by Crippen LogP contribution is 2.38. The third-order valence-electron chi connectivity index (χ3n) is 5.87. The number of fused-ring (bicyclic) bond motifs is 1. The Morgan fingerprint density at radius 3 is 1.85 bits per heavy atom. The summed E-state index contributed by atoms with van der Waals surface area (Å²) in [4.78, 5) is 0. The Hall–Kier alpha value is -0.980. The SMILES string of the molecule is CCCCCCCCCCCCCCC[C@H]1[C@H](O)[C@H](O)c2c(CO)nnn21. The molecule has 0 fully saturated rings. The third-order valence-corrected chi connectivity index (χ3v) is 5.87. The van der Waals surface area contributed by atoms with Gasteiger partial charge in [-0.05, 0) is 6.42 Å². The van der Waals surface area contributed by atoms with Gasteiger partial charge in [0.1, 0.15) is 17.9 Å². The van der Waals surface area contributed by atoms with Crippen LogP contribution in [0.1, 0.15) is 120 Å². The molecule has 6 nitrogen and oxygen atoms in total. The van der Waals surface area contributed by atoms with E-state index < -0.39 is 12.2 Å². The molecule has 0 aliphatic carbocycles. The molecule has 0 bridgehead atoms. The molecule has 1 aromatic rings. The number of rotatable bonds is 15. The summed E-state index contributed by atoms with van der Waals surface area (Å²) >= 11 is 0. The maximum atomic E-state index is 10.3. The number of hydrogen-bond acceptors (Lipinski definition) is 5. The average molecular weight is 382 g/mol. The van der Waals surface area contributed by atoms with E-state index in [-0.39, 0.29) is 12.6 Å². The smallest absolute Gasteiger partial charge is 0.126 e. The van der Waals surface area contributed by atoms with Crippen molar-refractivity contribution in [3.63, 3.8) is 0 Å². The fourth-order valence-electron chi connectivity index (χ4n) is 4.18. The van der Waals surface area contributed by atoms with Gasteiger partial charge in [0, 0.05) is 0 Å². The molecular weight excluding hydrogens is 342 g/mol. The largest absolute Gasteiger partial charge is 0.390 e. The Morgan fingerprint density at radius 1 is 0.815 bits per heavy atom. The fourth-order valence-corrected chi connectivity index (χ4v) is 4.18. The minimum Gasteiger partial charge on any atom is -0.390 e. The van der Waals surface area contributed by atoms with Crippen LogP contribution in [0.2, 0.25) is 0 Å². The summed E-state index contributed by atoms with van der Waals surface area (Å²) < 4.78 is 1.61. The van der Waals surface area contributed by atoms with Crippen LogP contribution in [0.4, 0.5) is 0 Å². The monoisotopic (exact) mass is 381 g/mol. The molecule has 2 heterocycles. The molecule has 3 atom stereocenters. The fraction of sp³-hybridized carbons (Fsp3) is 0.905. The van der Waals surface area contributed by atoms with Crippen LogP contribution in [0.25, 0.3) is 0 Å². The molecule has 0 unspecified atom stereocenters. The number of aromatic nitrogens is 3. The van der Waals surface area contributed by atoms with E-state index in [9.17, 15) is 15.3 Å². The van der Waals surface area contributed by atoms with E-state index >= 15 is 0 Å². The van der Waals surface area contributed by atoms with Gasteiger partial charge in [-0.3, -0.25) is 0 Å². The molecule has 1 aliphatic heterocycles. The van der Waals surface area contributed by atoms with Crippen LogP contribution >= 0.6 is 0 Å². The summed E-state index contributed by atoms with van der Waals surface area (Å²) in [7, 11) is 0. The lowest BCUT2D eigenvalue weighted by Crippen LogP contribution is -2.21. The highest BCUT2D eigenvalue weighted by Gasteiger charge is 2.41. The van der Waals surface area contributed by atoms with Crippen LogP contribution in [0.5, 0.6) is 0 Å². The first-order valence-corrected chi connectivity index (χ1v) is 11.1. The van der Waals surface area contributed by atoms with E-state index in [0.29, 0.717) is 11.4 Å². The maximum Gasteiger partial charge on any atom is 0.126 e. The molecule has 27 heavy (non-hydrogen) atoms. The quantitative estimate of drug-likeness (QED) is 0.396. The minimum atomic E-state index is -0.992. The standard InChI is InChI=1S/C21H39N3O3/c1-2-3-4-5-6-7-8-9-10-11-12-13-14-15-18-20(26)21(27)19-17(16-25)22-23-24(18)19/h18,20-21,25-27H,2-16H2,1H3/t18-,20-,21+/m0/s1. The van der Waals surface area contributed by atoms with E-state index in [0.717, 1.165) is 19.3 Å². The molecule has 6 heteroatoms. The molecule has 2 rings (SSSR count). The zero-order chi connectivity index (χ0) is 19.5. The lowest BCUT2D eigenvalue weighted by atomic mass is 10.0. The molecule has 1 aromatic heterocycles. The number of hydrogen-bond donors (Lipinski definition) is 3. The summed E-state index contributed by atoms with van der Waals surface area (Å²) in [5.74, 6) is 0. The summed E-state index contributed by atoms with van der Waals surface area (Å²) in [6.45, 7) is 2.00. The van der Waals surface area contributed by atoms with Gasteiger partial charge < -0.3 is 15.3 Å². The molecule has 0 saturated carbocycles. The van der Waals surface area contributed by atoms with Crippen molar-refractivity contribution >= 4 is 0 Å². The number of aliphatic hydroxyl groups is 3. The van der Waals surface area contributed by atoms with Crippen molar-refractivity contribution in [2.75, 3.05) is 0 Å². The second-order valence-electron chi connectivity index (χ2n) is 8.06. The molecule has 0 saturated heterocycles. The molecule has 3 N–H and O–H groups in total. The average Bonchev–Trinajstić information content (AvgIpc) is 3.19. The highest BCUT2D eigenvalue weighted by molar-refractivity contribution is 5.20. The lowest BCUT2D eigenvalue weighted by Gasteiger charge is -2.16. The molecule has 0 aromatic carbocycles. The second-order valence-corrected chi connectivity index (χ2v) is 8.06. The van der Waals surface area contributed by atoms with Crippen LogP contribution in [-0.2, 0) is 6.61 Å². The number of aliphatic hydroxyl groups excluding tert-OH is 3. The maximum absolute atomic E-state index is 10.3. The van der Waals surface area contributed by atoms with Gasteiger partial charge in [-0.2, -0.15) is 0 Å². The molecule has 0 amide bonds. The van der Waals surface area contributed by atoms with Gasteiger partial charge in [-0.15, -0.1) is 5.10 Å². The number of nitrogens with zero attached hydrogens (tertiary/aromatic N) is 3. The zero-order valence-corrected chi connectivity index (χ0v) is 17.0. The summed E-state index contributed by atoms with van der Waals surface area (Å²) in [5.41, 5.74) is 0.846. The Kier molecular flexibility index (Phi) is 10.3. The normalized spacial score (nSPS) is 21.7. The van der Waals surface area contributed by atoms with Crippen molar-refractivity contribution in [3.05, 3.63) is 11.4 Å². The summed E-state index contributed by atoms with van der Waals surface area (Å²) in [5, 5.41) is 37.6. The van der Waals surface area contributed by atoms with Crippen molar-refractivity contribution in [3.8, 4) is 0 Å². The first-order chi connectivity index (χ1) is 13.2. The van der Waals surface area contributed by atoms with Gasteiger partial charge in [0.05, 0.1) is 18.3 Å². The molecule has 0 radical (unpaired) electrons. The zero-order valence-electron chi connectivity index (χ0n) is 17.0. The van der Waals surface area contributed by atoms with E-state index in [1.807, 2.05) is 0 Å². The molecular formula is C21H39N3O3. The van der Waals surface area contributed by atoms with E-state index in [1.54, 1.807) is 4.68 Å². The van der Waals surface area contributed by atoms with Crippen molar-refractivity contribution in [1.29, 1.82) is 0 Å². The van der Waals surface area contributed by atoms with Crippen LogP contribution in [0.15, 0.2) is 0 Å². The lowest BCUT2D eigenvalue weighted by molar-refractivity contribution is 0.00747. The molecule has 156 valence electrons. The first kappa shape index (κ1) is 22.3. The predicted molar refractivity (Wildman–Crippen MR) is 106 cm³/mol. The number of unbranched alkanes of at least 4 members (excludes halogenated alkanes) is 12. The minimum absolute atomic E-state index is 0.226. The highest BCUT2D eigenvalue weighted by atomic mass is 16.3.